The van der Waals surface area contributed by atoms with Gasteiger partial charge >= 0.3 is 6.03 Å². The number of nitrogens with one attached hydrogen (secondary N) is 2. The Balaban J connectivity index is 0.827. The van der Waals surface area contributed by atoms with Gasteiger partial charge in [-0.3, -0.25) is 39.1 Å². The number of primary amides is 1. The SMILES string of the molecule is CN1CCN([C@@H]2CCCN(c3cnc(C(N)=O)c(Nc4ccc(N5CCC6CCN(Cc7ccc8c(c7)C(=O)N(C7CCC(=O)NC7=O)C8=O)CC6C5)cc4)n3)C2)C1=O. The second kappa shape index (κ2) is 15.6. The van der Waals surface area contributed by atoms with Crippen LogP contribution in [0.2, 0.25) is 0 Å². The zero-order chi connectivity index (χ0) is 40.9. The van der Waals surface area contributed by atoms with Gasteiger partial charge in [-0.25, -0.2) is 14.8 Å². The Labute approximate surface area is 341 Å². The molecular formula is C42H49N11O6. The molecule has 5 saturated heterocycles. The Hall–Kier alpha value is -6.10. The van der Waals surface area contributed by atoms with Crippen LogP contribution in [0.25, 0.3) is 0 Å². The zero-order valence-electron chi connectivity index (χ0n) is 33.1. The molecule has 3 unspecified atom stereocenters. The smallest absolute Gasteiger partial charge is 0.320 e. The number of carbonyl (C=O) groups is 6. The minimum absolute atomic E-state index is 0.0534. The normalized spacial score (nSPS) is 25.0. The second-order valence-electron chi connectivity index (χ2n) is 16.7. The number of anilines is 4. The highest BCUT2D eigenvalue weighted by atomic mass is 16.2. The molecule has 0 aliphatic carbocycles. The summed E-state index contributed by atoms with van der Waals surface area (Å²) in [5.74, 6) is -0.691. The molecule has 0 radical (unpaired) electrons. The Bertz CT molecular complexity index is 2220. The molecule has 7 amide bonds. The van der Waals surface area contributed by atoms with Crippen molar-refractivity contribution in [3.8, 4) is 0 Å². The second-order valence-corrected chi connectivity index (χ2v) is 16.7. The molecule has 6 aliphatic rings. The summed E-state index contributed by atoms with van der Waals surface area (Å²) >= 11 is 0. The average molecular weight is 804 g/mol. The predicted molar refractivity (Wildman–Crippen MR) is 217 cm³/mol. The lowest BCUT2D eigenvalue weighted by molar-refractivity contribution is -0.136. The van der Waals surface area contributed by atoms with Crippen LogP contribution in [0.1, 0.15) is 75.3 Å². The van der Waals surface area contributed by atoms with Crippen LogP contribution < -0.4 is 26.2 Å². The quantitative estimate of drug-likeness (QED) is 0.268. The number of benzene rings is 2. The highest BCUT2D eigenvalue weighted by Gasteiger charge is 2.45. The summed E-state index contributed by atoms with van der Waals surface area (Å²) in [4.78, 5) is 96.7. The fourth-order valence-electron chi connectivity index (χ4n) is 9.81. The van der Waals surface area contributed by atoms with Gasteiger partial charge in [0.2, 0.25) is 11.8 Å². The monoisotopic (exact) mass is 803 g/mol. The summed E-state index contributed by atoms with van der Waals surface area (Å²) in [6.45, 7) is 7.18. The molecule has 4 atom stereocenters. The van der Waals surface area contributed by atoms with Crippen LogP contribution in [0.4, 0.5) is 27.8 Å². The van der Waals surface area contributed by atoms with E-state index in [2.05, 4.69) is 42.5 Å². The molecule has 3 aromatic rings. The minimum Gasteiger partial charge on any atom is -0.371 e. The standard InChI is InChI=1S/C42H49N11O6/c1-48-17-18-52(42(48)59)30-3-2-14-51(24-30)34-20-44-36(37(43)55)38(46-34)45-28-5-7-29(8-6-28)50-16-13-26-12-15-49(22-27(26)23-50)21-25-4-9-31-32(19-25)41(58)53(40(31)57)33-10-11-35(54)47-39(33)56/h4-9,19-20,26-27,30,33H,2-3,10-18,21-24H2,1H3,(H2,43,55)(H,45,46)(H,47,54,56)/t26?,27?,30-,33?/m1/s1. The number of likely N-dealkylation sites (N-methyl/N-ethyl adjacent to an activating group) is 1. The molecule has 7 heterocycles. The van der Waals surface area contributed by atoms with Gasteiger partial charge in [-0.2, -0.15) is 0 Å². The number of hydrogen-bond donors (Lipinski definition) is 3. The molecule has 17 nitrogen and oxygen atoms in total. The van der Waals surface area contributed by atoms with Crippen molar-refractivity contribution < 1.29 is 28.8 Å². The zero-order valence-corrected chi connectivity index (χ0v) is 33.1. The number of nitrogens with zero attached hydrogens (tertiary/aromatic N) is 8. The number of urea groups is 1. The van der Waals surface area contributed by atoms with Crippen molar-refractivity contribution in [2.75, 3.05) is 74.5 Å². The molecule has 0 spiro atoms. The molecule has 4 N–H and O–H groups in total. The molecule has 5 fully saturated rings. The summed E-state index contributed by atoms with van der Waals surface area (Å²) in [7, 11) is 1.83. The highest BCUT2D eigenvalue weighted by Crippen LogP contribution is 2.36. The number of fused-ring (bicyclic) bond motifs is 2. The number of rotatable bonds is 9. The summed E-state index contributed by atoms with van der Waals surface area (Å²) in [5.41, 5.74) is 9.16. The van der Waals surface area contributed by atoms with Gasteiger partial charge in [0.1, 0.15) is 11.9 Å². The van der Waals surface area contributed by atoms with E-state index in [0.717, 1.165) is 86.8 Å². The number of amides is 7. The van der Waals surface area contributed by atoms with Crippen LogP contribution in [0.3, 0.4) is 0 Å². The van der Waals surface area contributed by atoms with Crippen molar-refractivity contribution in [3.63, 3.8) is 0 Å². The van der Waals surface area contributed by atoms with E-state index < -0.39 is 35.6 Å². The van der Waals surface area contributed by atoms with E-state index >= 15 is 0 Å². The van der Waals surface area contributed by atoms with Gasteiger partial charge in [0, 0.05) is 77.2 Å². The molecule has 9 rings (SSSR count). The third-order valence-electron chi connectivity index (χ3n) is 13.0. The molecular weight excluding hydrogens is 755 g/mol. The number of piperidine rings is 4. The van der Waals surface area contributed by atoms with Gasteiger partial charge < -0.3 is 30.7 Å². The van der Waals surface area contributed by atoms with Gasteiger partial charge in [-0.1, -0.05) is 6.07 Å². The van der Waals surface area contributed by atoms with Crippen molar-refractivity contribution in [1.82, 2.24) is 34.9 Å². The topological polar surface area (TPSA) is 198 Å². The summed E-state index contributed by atoms with van der Waals surface area (Å²) in [6, 6.07) is 12.6. The van der Waals surface area contributed by atoms with Crippen LogP contribution in [-0.2, 0) is 16.1 Å². The van der Waals surface area contributed by atoms with E-state index in [1.54, 1.807) is 23.2 Å². The number of carbonyl (C=O) groups excluding carboxylic acids is 6. The first-order valence-corrected chi connectivity index (χ1v) is 20.6. The number of aromatic nitrogens is 2. The summed E-state index contributed by atoms with van der Waals surface area (Å²) in [6.07, 6.45) is 5.80. The van der Waals surface area contributed by atoms with Gasteiger partial charge in [0.05, 0.1) is 23.4 Å². The summed E-state index contributed by atoms with van der Waals surface area (Å²) in [5, 5.41) is 5.54. The number of likely N-dealkylation sites (tertiary alicyclic amines) is 1. The maximum Gasteiger partial charge on any atom is 0.320 e. The Kier molecular flexibility index (Phi) is 10.1. The minimum atomic E-state index is -0.985. The van der Waals surface area contributed by atoms with Crippen LogP contribution in [0, 0.1) is 11.8 Å². The molecule has 0 bridgehead atoms. The lowest BCUT2D eigenvalue weighted by atomic mass is 9.80. The fraction of sp³-hybridized carbons (Fsp3) is 0.476. The van der Waals surface area contributed by atoms with Crippen molar-refractivity contribution in [2.45, 2.75) is 57.2 Å². The van der Waals surface area contributed by atoms with E-state index in [-0.39, 0.29) is 42.0 Å². The number of nitrogens with two attached hydrogens (primary N) is 1. The van der Waals surface area contributed by atoms with Crippen LogP contribution in [0.15, 0.2) is 48.7 Å². The van der Waals surface area contributed by atoms with E-state index in [0.29, 0.717) is 42.9 Å². The van der Waals surface area contributed by atoms with Crippen molar-refractivity contribution in [3.05, 3.63) is 71.0 Å². The molecule has 59 heavy (non-hydrogen) atoms. The molecule has 6 aliphatic heterocycles. The predicted octanol–water partition coefficient (Wildman–Crippen LogP) is 2.40. The van der Waals surface area contributed by atoms with Crippen LogP contribution in [-0.4, -0.2) is 137 Å². The first-order chi connectivity index (χ1) is 28.5. The Morgan fingerprint density at radius 3 is 2.41 bits per heavy atom. The first kappa shape index (κ1) is 38.4. The van der Waals surface area contributed by atoms with E-state index in [9.17, 15) is 28.8 Å². The highest BCUT2D eigenvalue weighted by molar-refractivity contribution is 6.23. The third kappa shape index (κ3) is 7.43. The lowest BCUT2D eigenvalue weighted by Crippen LogP contribution is -2.54. The number of hydrogen-bond acceptors (Lipinski definition) is 12. The lowest BCUT2D eigenvalue weighted by Gasteiger charge is -2.45. The van der Waals surface area contributed by atoms with Crippen molar-refractivity contribution >= 4 is 58.6 Å². The molecule has 2 aromatic carbocycles. The van der Waals surface area contributed by atoms with Crippen LogP contribution in [0.5, 0.6) is 0 Å². The van der Waals surface area contributed by atoms with Gasteiger partial charge in [0.15, 0.2) is 11.5 Å². The maximum atomic E-state index is 13.4. The summed E-state index contributed by atoms with van der Waals surface area (Å²) < 4.78 is 0. The fourth-order valence-corrected chi connectivity index (χ4v) is 9.81. The number of imide groups is 2. The Morgan fingerprint density at radius 1 is 0.847 bits per heavy atom. The van der Waals surface area contributed by atoms with Gasteiger partial charge in [-0.05, 0) is 92.4 Å². The van der Waals surface area contributed by atoms with E-state index in [4.69, 9.17) is 10.7 Å². The maximum absolute atomic E-state index is 13.4. The molecule has 17 heteroatoms. The largest absolute Gasteiger partial charge is 0.371 e. The average Bonchev–Trinajstić information content (AvgIpc) is 3.70. The molecule has 0 saturated carbocycles. The van der Waals surface area contributed by atoms with Crippen molar-refractivity contribution in [1.29, 1.82) is 0 Å². The van der Waals surface area contributed by atoms with E-state index in [1.807, 2.05) is 30.1 Å². The van der Waals surface area contributed by atoms with Crippen LogP contribution >= 0.6 is 0 Å². The first-order valence-electron chi connectivity index (χ1n) is 20.6. The Morgan fingerprint density at radius 2 is 1.64 bits per heavy atom. The van der Waals surface area contributed by atoms with Gasteiger partial charge in [0.25, 0.3) is 17.7 Å². The molecule has 308 valence electrons. The van der Waals surface area contributed by atoms with E-state index in [1.165, 1.54) is 0 Å². The van der Waals surface area contributed by atoms with Crippen molar-refractivity contribution in [2.24, 2.45) is 17.6 Å². The molecule has 1 aromatic heterocycles. The third-order valence-corrected chi connectivity index (χ3v) is 13.0. The van der Waals surface area contributed by atoms with Gasteiger partial charge in [-0.15, -0.1) is 0 Å².